The Hall–Kier alpha value is -1.59. The molecule has 3 aliphatic rings. The van der Waals surface area contributed by atoms with Crippen molar-refractivity contribution < 1.29 is 24.1 Å². The van der Waals surface area contributed by atoms with Gasteiger partial charge in [-0.3, -0.25) is 4.79 Å². The van der Waals surface area contributed by atoms with E-state index in [1.54, 1.807) is 14.2 Å². The fraction of sp³-hybridized carbons (Fsp3) is 0.611. The van der Waals surface area contributed by atoms with Gasteiger partial charge in [-0.15, -0.1) is 0 Å². The SMILES string of the molecule is COc1cc2c(c(OC)c1)[C@]1(CC2)CC(=O)[C@@]2(O)COC[C@@H]2C1. The Labute approximate surface area is 135 Å². The molecular weight excluding hydrogens is 296 g/mol. The summed E-state index contributed by atoms with van der Waals surface area (Å²) in [6, 6.07) is 3.94. The number of methoxy groups -OCH3 is 2. The number of benzene rings is 1. The van der Waals surface area contributed by atoms with Crippen molar-refractivity contribution in [2.75, 3.05) is 27.4 Å². The first-order valence-corrected chi connectivity index (χ1v) is 8.11. The quantitative estimate of drug-likeness (QED) is 0.898. The number of fused-ring (bicyclic) bond motifs is 3. The number of carbonyl (C=O) groups is 1. The molecule has 0 amide bonds. The molecule has 1 saturated heterocycles. The Morgan fingerprint density at radius 3 is 2.87 bits per heavy atom. The Morgan fingerprint density at radius 2 is 2.13 bits per heavy atom. The van der Waals surface area contributed by atoms with E-state index >= 15 is 0 Å². The molecule has 124 valence electrons. The van der Waals surface area contributed by atoms with E-state index < -0.39 is 5.60 Å². The number of carbonyl (C=O) groups excluding carboxylic acids is 1. The maximum absolute atomic E-state index is 12.7. The second-order valence-corrected chi connectivity index (χ2v) is 7.08. The molecule has 2 aliphatic carbocycles. The highest BCUT2D eigenvalue weighted by molar-refractivity contribution is 5.90. The Balaban J connectivity index is 1.80. The highest BCUT2D eigenvalue weighted by Gasteiger charge is 2.59. The molecule has 1 aromatic carbocycles. The molecular formula is C18H22O5. The van der Waals surface area contributed by atoms with E-state index in [1.165, 1.54) is 5.56 Å². The average molecular weight is 318 g/mol. The van der Waals surface area contributed by atoms with Crippen molar-refractivity contribution in [3.05, 3.63) is 23.3 Å². The minimum absolute atomic E-state index is 0.0861. The van der Waals surface area contributed by atoms with E-state index in [1.807, 2.05) is 12.1 Å². The van der Waals surface area contributed by atoms with Gasteiger partial charge in [0.25, 0.3) is 0 Å². The number of Topliss-reactive ketones (excluding diaryl/α,β-unsaturated/α-hetero) is 1. The van der Waals surface area contributed by atoms with Gasteiger partial charge in [-0.2, -0.15) is 0 Å². The molecule has 1 aliphatic heterocycles. The molecule has 0 bridgehead atoms. The molecule has 0 unspecified atom stereocenters. The van der Waals surface area contributed by atoms with Crippen LogP contribution in [0.1, 0.15) is 30.4 Å². The first-order chi connectivity index (χ1) is 11.0. The van der Waals surface area contributed by atoms with Gasteiger partial charge in [-0.1, -0.05) is 0 Å². The number of ether oxygens (including phenoxy) is 3. The van der Waals surface area contributed by atoms with Crippen molar-refractivity contribution in [2.24, 2.45) is 5.92 Å². The molecule has 3 atom stereocenters. The highest BCUT2D eigenvalue weighted by atomic mass is 16.5. The van der Waals surface area contributed by atoms with Crippen LogP contribution in [-0.2, 0) is 21.4 Å². The van der Waals surface area contributed by atoms with Crippen LogP contribution in [0.15, 0.2) is 12.1 Å². The van der Waals surface area contributed by atoms with Gasteiger partial charge in [0.05, 0.1) is 27.4 Å². The number of aryl methyl sites for hydroxylation is 1. The van der Waals surface area contributed by atoms with Crippen molar-refractivity contribution in [1.82, 2.24) is 0 Å². The fourth-order valence-corrected chi connectivity index (χ4v) is 4.76. The lowest BCUT2D eigenvalue weighted by molar-refractivity contribution is -0.147. The Kier molecular flexibility index (Phi) is 3.22. The van der Waals surface area contributed by atoms with Crippen LogP contribution in [0.3, 0.4) is 0 Å². The van der Waals surface area contributed by atoms with Crippen LogP contribution in [0.2, 0.25) is 0 Å². The largest absolute Gasteiger partial charge is 0.497 e. The highest BCUT2D eigenvalue weighted by Crippen LogP contribution is 2.56. The first-order valence-electron chi connectivity index (χ1n) is 8.11. The second-order valence-electron chi connectivity index (χ2n) is 7.08. The first kappa shape index (κ1) is 15.0. The average Bonchev–Trinajstić information content (AvgIpc) is 3.10. The molecule has 23 heavy (non-hydrogen) atoms. The summed E-state index contributed by atoms with van der Waals surface area (Å²) in [5.41, 5.74) is 0.795. The van der Waals surface area contributed by atoms with E-state index in [2.05, 4.69) is 0 Å². The van der Waals surface area contributed by atoms with Crippen LogP contribution in [0.5, 0.6) is 11.5 Å². The predicted molar refractivity (Wildman–Crippen MR) is 83.0 cm³/mol. The number of hydrogen-bond acceptors (Lipinski definition) is 5. The van der Waals surface area contributed by atoms with Crippen LogP contribution in [0.4, 0.5) is 0 Å². The molecule has 1 heterocycles. The van der Waals surface area contributed by atoms with Crippen LogP contribution in [0.25, 0.3) is 0 Å². The monoisotopic (exact) mass is 318 g/mol. The van der Waals surface area contributed by atoms with E-state index in [9.17, 15) is 9.90 Å². The van der Waals surface area contributed by atoms with Gasteiger partial charge >= 0.3 is 0 Å². The van der Waals surface area contributed by atoms with E-state index in [0.717, 1.165) is 36.3 Å². The van der Waals surface area contributed by atoms with E-state index in [-0.39, 0.29) is 23.7 Å². The fourth-order valence-electron chi connectivity index (χ4n) is 4.76. The topological polar surface area (TPSA) is 65.0 Å². The summed E-state index contributed by atoms with van der Waals surface area (Å²) in [6.45, 7) is 0.594. The lowest BCUT2D eigenvalue weighted by Gasteiger charge is -2.43. The summed E-state index contributed by atoms with van der Waals surface area (Å²) in [4.78, 5) is 12.7. The van der Waals surface area contributed by atoms with Crippen LogP contribution in [-0.4, -0.2) is 43.9 Å². The molecule has 2 fully saturated rings. The summed E-state index contributed by atoms with van der Waals surface area (Å²) in [7, 11) is 3.30. The lowest BCUT2D eigenvalue weighted by Crippen LogP contribution is -2.54. The van der Waals surface area contributed by atoms with Crippen LogP contribution >= 0.6 is 0 Å². The van der Waals surface area contributed by atoms with E-state index in [0.29, 0.717) is 13.0 Å². The van der Waals surface area contributed by atoms with Gasteiger partial charge in [0.2, 0.25) is 0 Å². The molecule has 1 spiro atoms. The third-order valence-electron chi connectivity index (χ3n) is 5.95. The number of aliphatic hydroxyl groups is 1. The third kappa shape index (κ3) is 1.96. The van der Waals surface area contributed by atoms with Gasteiger partial charge < -0.3 is 19.3 Å². The van der Waals surface area contributed by atoms with Crippen molar-refractivity contribution in [1.29, 1.82) is 0 Å². The number of hydrogen-bond donors (Lipinski definition) is 1. The van der Waals surface area contributed by atoms with Crippen molar-refractivity contribution in [3.8, 4) is 11.5 Å². The molecule has 0 radical (unpaired) electrons. The standard InChI is InChI=1S/C18H22O5/c1-21-13-5-11-3-4-17(16(11)14(6-13)22-2)7-12-9-23-10-18(12,20)15(19)8-17/h5-6,12,20H,3-4,7-10H2,1-2H3/t12-,17-,18+/m0/s1. The van der Waals surface area contributed by atoms with E-state index in [4.69, 9.17) is 14.2 Å². The van der Waals surface area contributed by atoms with Gasteiger partial charge in [0.1, 0.15) is 11.5 Å². The maximum Gasteiger partial charge on any atom is 0.167 e. The van der Waals surface area contributed by atoms with Gasteiger partial charge in [-0.25, -0.2) is 0 Å². The summed E-state index contributed by atoms with van der Waals surface area (Å²) >= 11 is 0. The van der Waals surface area contributed by atoms with Gasteiger partial charge in [0.15, 0.2) is 11.4 Å². The summed E-state index contributed by atoms with van der Waals surface area (Å²) in [5, 5.41) is 10.7. The molecule has 4 rings (SSSR count). The summed E-state index contributed by atoms with van der Waals surface area (Å²) in [6.07, 6.45) is 2.94. The number of ketones is 1. The Bertz CT molecular complexity index is 670. The zero-order valence-corrected chi connectivity index (χ0v) is 13.6. The third-order valence-corrected chi connectivity index (χ3v) is 5.95. The zero-order chi connectivity index (χ0) is 16.2. The van der Waals surface area contributed by atoms with Crippen molar-refractivity contribution in [2.45, 2.75) is 36.7 Å². The maximum atomic E-state index is 12.7. The van der Waals surface area contributed by atoms with Crippen molar-refractivity contribution >= 4 is 5.78 Å². The lowest BCUT2D eigenvalue weighted by atomic mass is 9.61. The van der Waals surface area contributed by atoms with Crippen LogP contribution in [0, 0.1) is 5.92 Å². The molecule has 1 saturated carbocycles. The molecule has 5 nitrogen and oxygen atoms in total. The molecule has 1 aromatic rings. The summed E-state index contributed by atoms with van der Waals surface area (Å²) in [5.74, 6) is 1.35. The van der Waals surface area contributed by atoms with Gasteiger partial charge in [-0.05, 0) is 30.9 Å². The summed E-state index contributed by atoms with van der Waals surface area (Å²) < 4.78 is 16.4. The minimum Gasteiger partial charge on any atom is -0.497 e. The van der Waals surface area contributed by atoms with Crippen molar-refractivity contribution in [3.63, 3.8) is 0 Å². The van der Waals surface area contributed by atoms with Gasteiger partial charge in [0, 0.05) is 29.4 Å². The van der Waals surface area contributed by atoms with Crippen LogP contribution < -0.4 is 9.47 Å². The smallest absolute Gasteiger partial charge is 0.167 e. The second kappa shape index (κ2) is 4.95. The number of rotatable bonds is 2. The molecule has 5 heteroatoms. The zero-order valence-electron chi connectivity index (χ0n) is 13.6. The molecule has 1 N–H and O–H groups in total. The Morgan fingerprint density at radius 1 is 1.30 bits per heavy atom. The predicted octanol–water partition coefficient (Wildman–Crippen LogP) is 1.63. The molecule has 0 aromatic heterocycles. The minimum atomic E-state index is -1.28. The normalized spacial score (nSPS) is 35.3.